The van der Waals surface area contributed by atoms with Gasteiger partial charge in [0, 0.05) is 17.6 Å². The van der Waals surface area contributed by atoms with Gasteiger partial charge in [-0.05, 0) is 53.6 Å². The number of aromatic nitrogens is 1. The van der Waals surface area contributed by atoms with Crippen molar-refractivity contribution in [1.82, 2.24) is 10.3 Å². The Morgan fingerprint density at radius 3 is 2.96 bits per heavy atom. The molecule has 3 rings (SSSR count). The van der Waals surface area contributed by atoms with Gasteiger partial charge in [0.15, 0.2) is 12.4 Å². The highest BCUT2D eigenvalue weighted by Crippen LogP contribution is 2.34. The number of carbonyl (C=O) groups excluding carboxylic acids is 1. The Balaban J connectivity index is 1.70. The molecule has 2 aromatic rings. The first-order chi connectivity index (χ1) is 11.1. The van der Waals surface area contributed by atoms with Crippen LogP contribution in [0, 0.1) is 3.57 Å². The topological polar surface area (TPSA) is 51.2 Å². The van der Waals surface area contributed by atoms with E-state index in [1.807, 2.05) is 18.2 Å². The van der Waals surface area contributed by atoms with E-state index in [2.05, 4.69) is 32.9 Å². The van der Waals surface area contributed by atoms with Gasteiger partial charge in [0.05, 0.1) is 8.59 Å². The fourth-order valence-corrected chi connectivity index (χ4v) is 4.11. The largest absolute Gasteiger partial charge is 0.480 e. The minimum Gasteiger partial charge on any atom is -0.480 e. The molecular formula is C17H18ClIN2O2. The molecule has 0 saturated heterocycles. The molecule has 0 radical (unpaired) electrons. The fourth-order valence-electron chi connectivity index (χ4n) is 2.94. The summed E-state index contributed by atoms with van der Waals surface area (Å²) in [5.41, 5.74) is 0.690. The molecule has 23 heavy (non-hydrogen) atoms. The molecule has 1 aliphatic carbocycles. The molecule has 4 nitrogen and oxygen atoms in total. The second-order valence-electron chi connectivity index (χ2n) is 5.76. The SMILES string of the molecule is O=C(COc1c(I)cc(Cl)c2cccnc12)NC1CCCCC1. The molecule has 6 heteroatoms. The fraction of sp³-hybridized carbons (Fsp3) is 0.412. The summed E-state index contributed by atoms with van der Waals surface area (Å²) in [5, 5.41) is 4.52. The third-order valence-corrected chi connectivity index (χ3v) is 5.18. The summed E-state index contributed by atoms with van der Waals surface area (Å²) in [6.45, 7) is -0.000190. The highest BCUT2D eigenvalue weighted by Gasteiger charge is 2.17. The average Bonchev–Trinajstić information content (AvgIpc) is 2.55. The van der Waals surface area contributed by atoms with Crippen LogP contribution in [0.3, 0.4) is 0 Å². The maximum absolute atomic E-state index is 12.1. The number of nitrogens with one attached hydrogen (secondary N) is 1. The van der Waals surface area contributed by atoms with Gasteiger partial charge in [0.2, 0.25) is 0 Å². The standard InChI is InChI=1S/C17H18ClIN2O2/c18-13-9-14(19)17(16-12(13)7-4-8-20-16)23-10-15(22)21-11-5-2-1-3-6-11/h4,7-9,11H,1-3,5-6,10H2,(H,21,22). The molecule has 1 N–H and O–H groups in total. The smallest absolute Gasteiger partial charge is 0.258 e. The van der Waals surface area contributed by atoms with E-state index in [-0.39, 0.29) is 12.5 Å². The highest BCUT2D eigenvalue weighted by molar-refractivity contribution is 14.1. The number of hydrogen-bond acceptors (Lipinski definition) is 3. The number of fused-ring (bicyclic) bond motifs is 1. The lowest BCUT2D eigenvalue weighted by molar-refractivity contribution is -0.124. The third-order valence-electron chi connectivity index (χ3n) is 4.07. The van der Waals surface area contributed by atoms with Gasteiger partial charge >= 0.3 is 0 Å². The molecule has 122 valence electrons. The molecule has 1 heterocycles. The summed E-state index contributed by atoms with van der Waals surface area (Å²) < 4.78 is 6.62. The zero-order valence-corrected chi connectivity index (χ0v) is 15.6. The van der Waals surface area contributed by atoms with Crippen molar-refractivity contribution in [1.29, 1.82) is 0 Å². The van der Waals surface area contributed by atoms with Crippen molar-refractivity contribution in [3.8, 4) is 5.75 Å². The van der Waals surface area contributed by atoms with Crippen LogP contribution < -0.4 is 10.1 Å². The second kappa shape index (κ2) is 7.66. The van der Waals surface area contributed by atoms with Gasteiger partial charge in [-0.2, -0.15) is 0 Å². The molecule has 0 spiro atoms. The zero-order valence-electron chi connectivity index (χ0n) is 12.6. The van der Waals surface area contributed by atoms with Crippen LogP contribution in [0.2, 0.25) is 5.02 Å². The van der Waals surface area contributed by atoms with Gasteiger partial charge < -0.3 is 10.1 Å². The molecule has 1 aliphatic rings. The average molecular weight is 445 g/mol. The Morgan fingerprint density at radius 2 is 2.17 bits per heavy atom. The van der Waals surface area contributed by atoms with E-state index in [0.29, 0.717) is 22.3 Å². The van der Waals surface area contributed by atoms with Crippen molar-refractivity contribution >= 4 is 51.0 Å². The number of nitrogens with zero attached hydrogens (tertiary/aromatic N) is 1. The van der Waals surface area contributed by atoms with Crippen LogP contribution in [0.15, 0.2) is 24.4 Å². The van der Waals surface area contributed by atoms with Crippen LogP contribution >= 0.6 is 34.2 Å². The van der Waals surface area contributed by atoms with Crippen molar-refractivity contribution < 1.29 is 9.53 Å². The number of carbonyl (C=O) groups is 1. The maximum atomic E-state index is 12.1. The molecule has 1 saturated carbocycles. The number of benzene rings is 1. The first-order valence-electron chi connectivity index (χ1n) is 7.80. The van der Waals surface area contributed by atoms with E-state index in [9.17, 15) is 4.79 Å². The molecular weight excluding hydrogens is 427 g/mol. The lowest BCUT2D eigenvalue weighted by Crippen LogP contribution is -2.39. The van der Waals surface area contributed by atoms with Gasteiger partial charge in [0.25, 0.3) is 5.91 Å². The van der Waals surface area contributed by atoms with Crippen LogP contribution in [0.1, 0.15) is 32.1 Å². The van der Waals surface area contributed by atoms with Gasteiger partial charge in [-0.15, -0.1) is 0 Å². The summed E-state index contributed by atoms with van der Waals surface area (Å²) in [4.78, 5) is 16.5. The van der Waals surface area contributed by atoms with Crippen LogP contribution in [-0.2, 0) is 4.79 Å². The number of hydrogen-bond donors (Lipinski definition) is 1. The Kier molecular flexibility index (Phi) is 5.58. The Morgan fingerprint density at radius 1 is 1.39 bits per heavy atom. The number of halogens is 2. The summed E-state index contributed by atoms with van der Waals surface area (Å²) in [7, 11) is 0. The Labute approximate surface area is 154 Å². The van der Waals surface area contributed by atoms with Gasteiger partial charge in [0.1, 0.15) is 5.52 Å². The Hall–Kier alpha value is -1.08. The first kappa shape index (κ1) is 16.8. The molecule has 1 aromatic carbocycles. The quantitative estimate of drug-likeness (QED) is 0.715. The molecule has 0 atom stereocenters. The minimum absolute atomic E-state index is 0.000190. The first-order valence-corrected chi connectivity index (χ1v) is 9.25. The molecule has 0 unspecified atom stereocenters. The van der Waals surface area contributed by atoms with Crippen LogP contribution in [-0.4, -0.2) is 23.5 Å². The second-order valence-corrected chi connectivity index (χ2v) is 7.33. The maximum Gasteiger partial charge on any atom is 0.258 e. The van der Waals surface area contributed by atoms with Crippen molar-refractivity contribution in [2.75, 3.05) is 6.61 Å². The van der Waals surface area contributed by atoms with Crippen molar-refractivity contribution in [3.63, 3.8) is 0 Å². The minimum atomic E-state index is -0.0771. The van der Waals surface area contributed by atoms with E-state index in [1.54, 1.807) is 6.20 Å². The van der Waals surface area contributed by atoms with Crippen molar-refractivity contribution in [3.05, 3.63) is 33.0 Å². The monoisotopic (exact) mass is 444 g/mol. The lowest BCUT2D eigenvalue weighted by atomic mass is 9.95. The number of rotatable bonds is 4. The van der Waals surface area contributed by atoms with E-state index >= 15 is 0 Å². The third kappa shape index (κ3) is 4.07. The van der Waals surface area contributed by atoms with Crippen LogP contribution in [0.4, 0.5) is 0 Å². The predicted molar refractivity (Wildman–Crippen MR) is 100.0 cm³/mol. The van der Waals surface area contributed by atoms with Crippen molar-refractivity contribution in [2.24, 2.45) is 0 Å². The van der Waals surface area contributed by atoms with E-state index in [0.717, 1.165) is 21.8 Å². The number of pyridine rings is 1. The van der Waals surface area contributed by atoms with E-state index < -0.39 is 0 Å². The van der Waals surface area contributed by atoms with E-state index in [1.165, 1.54) is 19.3 Å². The molecule has 1 fully saturated rings. The molecule has 0 aliphatic heterocycles. The summed E-state index contributed by atoms with van der Waals surface area (Å²) >= 11 is 8.40. The van der Waals surface area contributed by atoms with Gasteiger partial charge in [-0.25, -0.2) is 0 Å². The summed E-state index contributed by atoms with van der Waals surface area (Å²) in [6, 6.07) is 5.86. The van der Waals surface area contributed by atoms with Crippen LogP contribution in [0.25, 0.3) is 10.9 Å². The zero-order chi connectivity index (χ0) is 16.2. The number of amides is 1. The summed E-state index contributed by atoms with van der Waals surface area (Å²) in [6.07, 6.45) is 7.47. The summed E-state index contributed by atoms with van der Waals surface area (Å²) in [5.74, 6) is 0.538. The van der Waals surface area contributed by atoms with Gasteiger partial charge in [-0.1, -0.05) is 30.9 Å². The van der Waals surface area contributed by atoms with E-state index in [4.69, 9.17) is 16.3 Å². The van der Waals surface area contributed by atoms with Gasteiger partial charge in [-0.3, -0.25) is 9.78 Å². The molecule has 1 aromatic heterocycles. The van der Waals surface area contributed by atoms with Crippen molar-refractivity contribution in [2.45, 2.75) is 38.1 Å². The molecule has 0 bridgehead atoms. The predicted octanol–water partition coefficient (Wildman–Crippen LogP) is 4.32. The Bertz CT molecular complexity index is 717. The highest BCUT2D eigenvalue weighted by atomic mass is 127. The number of ether oxygens (including phenoxy) is 1. The van der Waals surface area contributed by atoms with Crippen LogP contribution in [0.5, 0.6) is 5.75 Å². The molecule has 1 amide bonds. The normalized spacial score (nSPS) is 15.6. The lowest BCUT2D eigenvalue weighted by Gasteiger charge is -2.22.